The summed E-state index contributed by atoms with van der Waals surface area (Å²) < 4.78 is 16.3. The number of amides is 1. The van der Waals surface area contributed by atoms with E-state index in [1.807, 2.05) is 54.6 Å². The van der Waals surface area contributed by atoms with Gasteiger partial charge in [-0.1, -0.05) is 72.8 Å². The van der Waals surface area contributed by atoms with E-state index in [1.165, 1.54) is 6.07 Å². The van der Waals surface area contributed by atoms with Crippen LogP contribution in [0.15, 0.2) is 91.0 Å². The summed E-state index contributed by atoms with van der Waals surface area (Å²) in [5.41, 5.74) is 2.35. The molecule has 30 heavy (non-hydrogen) atoms. The van der Waals surface area contributed by atoms with Crippen LogP contribution < -0.4 is 9.84 Å². The van der Waals surface area contributed by atoms with E-state index >= 15 is 0 Å². The third kappa shape index (κ3) is 4.42. The smallest absolute Gasteiger partial charge is 0.403 e. The van der Waals surface area contributed by atoms with Gasteiger partial charge in [0.25, 0.3) is 5.91 Å². The van der Waals surface area contributed by atoms with Gasteiger partial charge in [0, 0.05) is 11.3 Å². The molecule has 0 fully saturated rings. The van der Waals surface area contributed by atoms with Crippen molar-refractivity contribution in [2.45, 2.75) is 0 Å². The largest absolute Gasteiger partial charge is 0.524 e. The summed E-state index contributed by atoms with van der Waals surface area (Å²) in [5, 5.41) is 4.29. The molecule has 4 rings (SSSR count). The van der Waals surface area contributed by atoms with Crippen molar-refractivity contribution in [2.24, 2.45) is 0 Å². The van der Waals surface area contributed by atoms with Crippen LogP contribution in [-0.2, 0) is 4.57 Å². The van der Waals surface area contributed by atoms with Crippen molar-refractivity contribution in [2.75, 3.05) is 5.32 Å². The number of carbonyl (C=O) groups excluding carboxylic acids is 1. The topological polar surface area (TPSA) is 95.9 Å². The molecule has 0 aromatic heterocycles. The number of carbonyl (C=O) groups is 1. The fourth-order valence-electron chi connectivity index (χ4n) is 3.25. The molecule has 3 N–H and O–H groups in total. The number of hydrogen-bond acceptors (Lipinski definition) is 3. The first kappa shape index (κ1) is 19.9. The first-order chi connectivity index (χ1) is 14.4. The quantitative estimate of drug-likeness (QED) is 0.385. The summed E-state index contributed by atoms with van der Waals surface area (Å²) >= 11 is 0. The van der Waals surface area contributed by atoms with Crippen LogP contribution in [0.1, 0.15) is 10.4 Å². The van der Waals surface area contributed by atoms with Gasteiger partial charge in [-0.2, -0.15) is 0 Å². The molecule has 0 spiro atoms. The number of hydrogen-bond donors (Lipinski definition) is 3. The predicted molar refractivity (Wildman–Crippen MR) is 116 cm³/mol. The zero-order valence-corrected chi connectivity index (χ0v) is 16.6. The molecule has 0 bridgehead atoms. The second-order valence-corrected chi connectivity index (χ2v) is 7.81. The highest BCUT2D eigenvalue weighted by Crippen LogP contribution is 2.41. The summed E-state index contributed by atoms with van der Waals surface area (Å²) in [7, 11) is -4.85. The molecule has 0 atom stereocenters. The third-order valence-electron chi connectivity index (χ3n) is 4.57. The number of rotatable bonds is 5. The minimum atomic E-state index is -4.85. The van der Waals surface area contributed by atoms with Crippen LogP contribution in [0.3, 0.4) is 0 Å². The zero-order chi connectivity index (χ0) is 21.1. The van der Waals surface area contributed by atoms with Crippen molar-refractivity contribution in [3.63, 3.8) is 0 Å². The maximum Gasteiger partial charge on any atom is 0.524 e. The Morgan fingerprint density at radius 1 is 0.800 bits per heavy atom. The van der Waals surface area contributed by atoms with Crippen molar-refractivity contribution in [3.8, 4) is 16.9 Å². The fraction of sp³-hybridized carbons (Fsp3) is 0. The summed E-state index contributed by atoms with van der Waals surface area (Å²) in [6.07, 6.45) is 0. The van der Waals surface area contributed by atoms with Gasteiger partial charge in [0.15, 0.2) is 0 Å². The Kier molecular flexibility index (Phi) is 5.38. The molecule has 0 aliphatic carbocycles. The normalized spacial score (nSPS) is 11.3. The summed E-state index contributed by atoms with van der Waals surface area (Å²) in [6, 6.07) is 27.1. The third-order valence-corrected chi connectivity index (χ3v) is 5.00. The second-order valence-electron chi connectivity index (χ2n) is 6.64. The molecule has 1 amide bonds. The lowest BCUT2D eigenvalue weighted by Gasteiger charge is -2.15. The Balaban J connectivity index is 1.76. The fourth-order valence-corrected chi connectivity index (χ4v) is 3.66. The van der Waals surface area contributed by atoms with Crippen LogP contribution in [0.2, 0.25) is 0 Å². The standard InChI is InChI=1S/C23H18NO5P/c25-23(24-21-13-7-6-12-19(21)16-8-2-1-3-9-16)20-14-17-10-4-5-11-18(17)15-22(20)29-30(26,27)28/h1-15H,(H,24,25)(H2,26,27,28). The SMILES string of the molecule is O=C(Nc1ccccc1-c1ccccc1)c1cc2ccccc2cc1OP(=O)(O)O. The monoisotopic (exact) mass is 419 g/mol. The highest BCUT2D eigenvalue weighted by atomic mass is 31.2. The predicted octanol–water partition coefficient (Wildman–Crippen LogP) is 5.23. The zero-order valence-electron chi connectivity index (χ0n) is 15.7. The van der Waals surface area contributed by atoms with Crippen molar-refractivity contribution < 1.29 is 23.7 Å². The molecule has 0 radical (unpaired) electrons. The first-order valence-corrected chi connectivity index (χ1v) is 10.7. The van der Waals surface area contributed by atoms with Gasteiger partial charge >= 0.3 is 7.82 Å². The number of anilines is 1. The van der Waals surface area contributed by atoms with E-state index in [9.17, 15) is 19.1 Å². The van der Waals surface area contributed by atoms with E-state index in [0.29, 0.717) is 11.1 Å². The molecule has 6 nitrogen and oxygen atoms in total. The molecule has 0 saturated heterocycles. The Bertz CT molecular complexity index is 1270. The van der Waals surface area contributed by atoms with Crippen LogP contribution in [0.5, 0.6) is 5.75 Å². The number of para-hydroxylation sites is 1. The van der Waals surface area contributed by atoms with E-state index < -0.39 is 13.7 Å². The highest BCUT2D eigenvalue weighted by molar-refractivity contribution is 7.46. The summed E-state index contributed by atoms with van der Waals surface area (Å²) in [6.45, 7) is 0. The van der Waals surface area contributed by atoms with E-state index in [4.69, 9.17) is 4.52 Å². The number of benzene rings is 4. The molecule has 0 heterocycles. The summed E-state index contributed by atoms with van der Waals surface area (Å²) in [4.78, 5) is 31.7. The Labute approximate surface area is 173 Å². The molecule has 0 aliphatic heterocycles. The van der Waals surface area contributed by atoms with Gasteiger partial charge in [-0.3, -0.25) is 14.6 Å². The molecule has 0 unspecified atom stereocenters. The molecule has 7 heteroatoms. The number of nitrogens with one attached hydrogen (secondary N) is 1. The van der Waals surface area contributed by atoms with Gasteiger partial charge in [0.1, 0.15) is 5.75 Å². The lowest BCUT2D eigenvalue weighted by molar-refractivity contribution is 0.102. The average molecular weight is 419 g/mol. The van der Waals surface area contributed by atoms with Gasteiger partial charge in [-0.05, 0) is 34.5 Å². The van der Waals surface area contributed by atoms with E-state index in [1.54, 1.807) is 30.3 Å². The van der Waals surface area contributed by atoms with E-state index in [0.717, 1.165) is 16.5 Å². The van der Waals surface area contributed by atoms with Gasteiger partial charge < -0.3 is 9.84 Å². The maximum atomic E-state index is 13.1. The second kappa shape index (κ2) is 8.13. The Hall–Kier alpha value is -3.44. The van der Waals surface area contributed by atoms with Crippen LogP contribution in [-0.4, -0.2) is 15.7 Å². The molecule has 0 saturated carbocycles. The molecule has 4 aromatic rings. The number of phosphoric acid groups is 1. The molecular formula is C23H18NO5P. The minimum absolute atomic E-state index is 0.0277. The van der Waals surface area contributed by atoms with Crippen molar-refractivity contribution in [1.82, 2.24) is 0 Å². The van der Waals surface area contributed by atoms with Crippen molar-refractivity contribution >= 4 is 30.2 Å². The highest BCUT2D eigenvalue weighted by Gasteiger charge is 2.23. The molecule has 0 aliphatic rings. The van der Waals surface area contributed by atoms with Crippen LogP contribution >= 0.6 is 7.82 Å². The van der Waals surface area contributed by atoms with Gasteiger partial charge in [-0.15, -0.1) is 0 Å². The number of fused-ring (bicyclic) bond motifs is 1. The van der Waals surface area contributed by atoms with Gasteiger partial charge in [-0.25, -0.2) is 4.57 Å². The molecular weight excluding hydrogens is 401 g/mol. The van der Waals surface area contributed by atoms with E-state index in [-0.39, 0.29) is 11.3 Å². The minimum Gasteiger partial charge on any atom is -0.403 e. The molecule has 150 valence electrons. The van der Waals surface area contributed by atoms with E-state index in [2.05, 4.69) is 5.32 Å². The number of phosphoric ester groups is 1. The lowest BCUT2D eigenvalue weighted by atomic mass is 10.0. The van der Waals surface area contributed by atoms with Crippen molar-refractivity contribution in [3.05, 3.63) is 96.6 Å². The summed E-state index contributed by atoms with van der Waals surface area (Å²) in [5.74, 6) is -0.718. The van der Waals surface area contributed by atoms with Crippen LogP contribution in [0.4, 0.5) is 5.69 Å². The van der Waals surface area contributed by atoms with Crippen LogP contribution in [0, 0.1) is 0 Å². The Morgan fingerprint density at radius 2 is 1.40 bits per heavy atom. The van der Waals surface area contributed by atoms with Crippen LogP contribution in [0.25, 0.3) is 21.9 Å². The molecule has 4 aromatic carbocycles. The van der Waals surface area contributed by atoms with Crippen molar-refractivity contribution in [1.29, 1.82) is 0 Å². The van der Waals surface area contributed by atoms with Gasteiger partial charge in [0.2, 0.25) is 0 Å². The lowest BCUT2D eigenvalue weighted by Crippen LogP contribution is -2.14. The Morgan fingerprint density at radius 3 is 2.10 bits per heavy atom. The first-order valence-electron chi connectivity index (χ1n) is 9.14. The van der Waals surface area contributed by atoms with Gasteiger partial charge in [0.05, 0.1) is 5.56 Å². The average Bonchev–Trinajstić information content (AvgIpc) is 2.73. The maximum absolute atomic E-state index is 13.1.